The SMILES string of the molecule is O=C(c1cccc(S(=O)(=O)NCC(F)(F)F)c1)N1CCN(c2ccc([N+](=O)[O-])cc2)CC1. The third kappa shape index (κ3) is 5.73. The minimum absolute atomic E-state index is 0.0258. The number of hydrogen-bond donors (Lipinski definition) is 1. The van der Waals surface area contributed by atoms with Crippen LogP contribution in [0.4, 0.5) is 24.5 Å². The Hall–Kier alpha value is -3.19. The fourth-order valence-corrected chi connectivity index (χ4v) is 4.25. The molecule has 3 rings (SSSR count). The number of nitro benzene ring substituents is 1. The van der Waals surface area contributed by atoms with Crippen molar-refractivity contribution in [1.82, 2.24) is 9.62 Å². The van der Waals surface area contributed by atoms with Crippen LogP contribution in [-0.4, -0.2) is 63.0 Å². The second-order valence-electron chi connectivity index (χ2n) is 7.02. The fraction of sp³-hybridized carbons (Fsp3) is 0.316. The fourth-order valence-electron chi connectivity index (χ4n) is 3.19. The molecule has 1 fully saturated rings. The molecule has 1 saturated heterocycles. The molecular weight excluding hydrogens is 453 g/mol. The molecule has 0 aromatic heterocycles. The summed E-state index contributed by atoms with van der Waals surface area (Å²) in [4.78, 5) is 26.1. The summed E-state index contributed by atoms with van der Waals surface area (Å²) in [5.41, 5.74) is 0.789. The predicted octanol–water partition coefficient (Wildman–Crippen LogP) is 2.40. The van der Waals surface area contributed by atoms with Gasteiger partial charge in [0.15, 0.2) is 0 Å². The zero-order chi connectivity index (χ0) is 23.5. The summed E-state index contributed by atoms with van der Waals surface area (Å²) in [5.74, 6) is -0.443. The van der Waals surface area contributed by atoms with Crippen molar-refractivity contribution in [2.24, 2.45) is 0 Å². The molecule has 1 aliphatic heterocycles. The highest BCUT2D eigenvalue weighted by atomic mass is 32.2. The molecule has 0 radical (unpaired) electrons. The normalized spacial score (nSPS) is 15.0. The van der Waals surface area contributed by atoms with Gasteiger partial charge < -0.3 is 9.80 Å². The molecule has 2 aromatic rings. The molecule has 0 spiro atoms. The van der Waals surface area contributed by atoms with Crippen LogP contribution in [0.2, 0.25) is 0 Å². The zero-order valence-electron chi connectivity index (χ0n) is 16.6. The summed E-state index contributed by atoms with van der Waals surface area (Å²) in [6.45, 7) is -0.167. The number of nitrogens with one attached hydrogen (secondary N) is 1. The van der Waals surface area contributed by atoms with E-state index in [1.807, 2.05) is 4.90 Å². The summed E-state index contributed by atoms with van der Waals surface area (Å²) in [5, 5.41) is 10.8. The van der Waals surface area contributed by atoms with Crippen molar-refractivity contribution in [3.05, 3.63) is 64.2 Å². The number of carbonyl (C=O) groups excluding carboxylic acids is 1. The number of nitro groups is 1. The molecule has 0 bridgehead atoms. The van der Waals surface area contributed by atoms with E-state index in [2.05, 4.69) is 0 Å². The highest BCUT2D eigenvalue weighted by Crippen LogP contribution is 2.22. The lowest BCUT2D eigenvalue weighted by Crippen LogP contribution is -2.48. The molecule has 1 heterocycles. The van der Waals surface area contributed by atoms with Gasteiger partial charge in [0.2, 0.25) is 10.0 Å². The van der Waals surface area contributed by atoms with E-state index in [-0.39, 0.29) is 11.3 Å². The molecule has 0 saturated carbocycles. The summed E-state index contributed by atoms with van der Waals surface area (Å²) < 4.78 is 62.7. The number of alkyl halides is 3. The first kappa shape index (κ1) is 23.5. The molecule has 1 aliphatic rings. The lowest BCUT2D eigenvalue weighted by Gasteiger charge is -2.36. The molecule has 1 amide bonds. The van der Waals surface area contributed by atoms with E-state index in [0.29, 0.717) is 26.2 Å². The maximum Gasteiger partial charge on any atom is 0.402 e. The Morgan fingerprint density at radius 2 is 1.69 bits per heavy atom. The molecule has 1 N–H and O–H groups in total. The first-order valence-corrected chi connectivity index (χ1v) is 10.9. The van der Waals surface area contributed by atoms with Gasteiger partial charge in [-0.25, -0.2) is 13.1 Å². The number of nitrogens with zero attached hydrogens (tertiary/aromatic N) is 3. The summed E-state index contributed by atoms with van der Waals surface area (Å²) in [6, 6.07) is 10.9. The average molecular weight is 472 g/mol. The van der Waals surface area contributed by atoms with Crippen LogP contribution in [0.3, 0.4) is 0 Å². The standard InChI is InChI=1S/C19H19F3N4O5S/c20-19(21,22)13-23-32(30,31)17-3-1-2-14(12-17)18(27)25-10-8-24(9-11-25)15-4-6-16(7-5-15)26(28)29/h1-7,12,23H,8-11,13H2. The maximum absolute atomic E-state index is 12.8. The number of rotatable bonds is 6. The monoisotopic (exact) mass is 472 g/mol. The topological polar surface area (TPSA) is 113 Å². The van der Waals surface area contributed by atoms with Crippen LogP contribution < -0.4 is 9.62 Å². The van der Waals surface area contributed by atoms with Gasteiger partial charge in [-0.3, -0.25) is 14.9 Å². The van der Waals surface area contributed by atoms with Crippen molar-refractivity contribution in [3.63, 3.8) is 0 Å². The number of piperazine rings is 1. The third-order valence-corrected chi connectivity index (χ3v) is 6.25. The van der Waals surface area contributed by atoms with E-state index >= 15 is 0 Å². The number of sulfonamides is 1. The van der Waals surface area contributed by atoms with Gasteiger partial charge in [0.25, 0.3) is 11.6 Å². The first-order chi connectivity index (χ1) is 15.0. The molecule has 13 heteroatoms. The van der Waals surface area contributed by atoms with E-state index in [1.54, 1.807) is 12.1 Å². The van der Waals surface area contributed by atoms with Gasteiger partial charge in [-0.05, 0) is 30.3 Å². The predicted molar refractivity (Wildman–Crippen MR) is 109 cm³/mol. The van der Waals surface area contributed by atoms with Gasteiger partial charge in [0.05, 0.1) is 9.82 Å². The zero-order valence-corrected chi connectivity index (χ0v) is 17.4. The molecule has 0 atom stereocenters. The molecular formula is C19H19F3N4O5S. The third-order valence-electron chi connectivity index (χ3n) is 4.85. The molecule has 9 nitrogen and oxygen atoms in total. The van der Waals surface area contributed by atoms with Crippen molar-refractivity contribution in [2.75, 3.05) is 37.6 Å². The summed E-state index contributed by atoms with van der Waals surface area (Å²) in [7, 11) is -4.43. The van der Waals surface area contributed by atoms with Gasteiger partial charge in [0, 0.05) is 49.6 Å². The number of benzene rings is 2. The van der Waals surface area contributed by atoms with Crippen LogP contribution >= 0.6 is 0 Å². The quantitative estimate of drug-likeness (QED) is 0.510. The minimum Gasteiger partial charge on any atom is -0.368 e. The van der Waals surface area contributed by atoms with Crippen LogP contribution in [0.5, 0.6) is 0 Å². The number of carbonyl (C=O) groups is 1. The van der Waals surface area contributed by atoms with Gasteiger partial charge in [0.1, 0.15) is 6.54 Å². The lowest BCUT2D eigenvalue weighted by atomic mass is 10.1. The van der Waals surface area contributed by atoms with Gasteiger partial charge >= 0.3 is 6.18 Å². The average Bonchev–Trinajstić information content (AvgIpc) is 2.77. The van der Waals surface area contributed by atoms with Crippen LogP contribution in [-0.2, 0) is 10.0 Å². The van der Waals surface area contributed by atoms with E-state index in [1.165, 1.54) is 33.9 Å². The first-order valence-electron chi connectivity index (χ1n) is 9.41. The summed E-state index contributed by atoms with van der Waals surface area (Å²) >= 11 is 0. The Labute approximate surface area is 181 Å². The second-order valence-corrected chi connectivity index (χ2v) is 8.79. The Kier molecular flexibility index (Phi) is 6.69. The lowest BCUT2D eigenvalue weighted by molar-refractivity contribution is -0.384. The number of anilines is 1. The van der Waals surface area contributed by atoms with Gasteiger partial charge in [-0.2, -0.15) is 13.2 Å². The molecule has 32 heavy (non-hydrogen) atoms. The van der Waals surface area contributed by atoms with E-state index in [9.17, 15) is 36.5 Å². The Morgan fingerprint density at radius 1 is 1.06 bits per heavy atom. The van der Waals surface area contributed by atoms with Crippen LogP contribution in [0.15, 0.2) is 53.4 Å². The molecule has 0 aliphatic carbocycles. The van der Waals surface area contributed by atoms with Crippen LogP contribution in [0.25, 0.3) is 0 Å². The molecule has 0 unspecified atom stereocenters. The van der Waals surface area contributed by atoms with Crippen LogP contribution in [0.1, 0.15) is 10.4 Å². The number of halogens is 3. The highest BCUT2D eigenvalue weighted by molar-refractivity contribution is 7.89. The van der Waals surface area contributed by atoms with Crippen LogP contribution in [0, 0.1) is 10.1 Å². The maximum atomic E-state index is 12.8. The van der Waals surface area contributed by atoms with Crippen molar-refractivity contribution >= 4 is 27.3 Å². The van der Waals surface area contributed by atoms with Crippen molar-refractivity contribution in [1.29, 1.82) is 0 Å². The number of hydrogen-bond acceptors (Lipinski definition) is 6. The Bertz CT molecular complexity index is 1100. The smallest absolute Gasteiger partial charge is 0.368 e. The number of non-ortho nitro benzene ring substituents is 1. The van der Waals surface area contributed by atoms with E-state index < -0.39 is 38.5 Å². The Morgan fingerprint density at radius 3 is 2.25 bits per heavy atom. The number of amides is 1. The largest absolute Gasteiger partial charge is 0.402 e. The molecule has 172 valence electrons. The summed E-state index contributed by atoms with van der Waals surface area (Å²) in [6.07, 6.45) is -4.70. The van der Waals surface area contributed by atoms with Crippen molar-refractivity contribution in [2.45, 2.75) is 11.1 Å². The van der Waals surface area contributed by atoms with Gasteiger partial charge in [-0.1, -0.05) is 6.07 Å². The van der Waals surface area contributed by atoms with Crippen molar-refractivity contribution in [3.8, 4) is 0 Å². The van der Waals surface area contributed by atoms with Gasteiger partial charge in [-0.15, -0.1) is 0 Å². The molecule has 2 aromatic carbocycles. The van der Waals surface area contributed by atoms with E-state index in [4.69, 9.17) is 0 Å². The minimum atomic E-state index is -4.70. The highest BCUT2D eigenvalue weighted by Gasteiger charge is 2.30. The Balaban J connectivity index is 1.65. The second kappa shape index (κ2) is 9.12. The van der Waals surface area contributed by atoms with Crippen molar-refractivity contribution < 1.29 is 31.3 Å². The van der Waals surface area contributed by atoms with E-state index in [0.717, 1.165) is 17.8 Å².